The van der Waals surface area contributed by atoms with Crippen LogP contribution in [0.2, 0.25) is 0 Å². The Labute approximate surface area is 138 Å². The van der Waals surface area contributed by atoms with Crippen LogP contribution in [0.3, 0.4) is 0 Å². The lowest BCUT2D eigenvalue weighted by Crippen LogP contribution is -3.00. The Morgan fingerprint density at radius 2 is 2.10 bits per heavy atom. The number of hydrogen-bond donors (Lipinski definition) is 0. The van der Waals surface area contributed by atoms with Crippen LogP contribution in [0.5, 0.6) is 5.75 Å². The van der Waals surface area contributed by atoms with Crippen LogP contribution in [0, 0.1) is 5.92 Å². The molecule has 3 heteroatoms. The lowest BCUT2D eigenvalue weighted by molar-refractivity contribution is -0.0000107. The second kappa shape index (κ2) is 5.58. The first kappa shape index (κ1) is 15.4. The number of hydrogen-bond acceptors (Lipinski definition) is 2. The number of halogens is 1. The van der Waals surface area contributed by atoms with Gasteiger partial charge in [-0.2, -0.15) is 0 Å². The monoisotopic (exact) mass is 350 g/mol. The van der Waals surface area contributed by atoms with Crippen LogP contribution in [-0.2, 0) is 11.8 Å². The molecule has 1 aliphatic heterocycles. The first-order valence-electron chi connectivity index (χ1n) is 8.12. The van der Waals surface area contributed by atoms with Gasteiger partial charge in [0.1, 0.15) is 5.75 Å². The summed E-state index contributed by atoms with van der Waals surface area (Å²) in [6.07, 6.45) is 8.22. The van der Waals surface area contributed by atoms with Crippen molar-refractivity contribution in [2.45, 2.75) is 50.0 Å². The Kier molecular flexibility index (Phi) is 4.08. The number of likely N-dealkylation sites (tertiary alicyclic amines) is 1. The van der Waals surface area contributed by atoms with E-state index in [1.54, 1.807) is 18.2 Å². The molecule has 2 aliphatic carbocycles. The topological polar surface area (TPSA) is 12.5 Å². The van der Waals surface area contributed by atoms with Crippen LogP contribution in [0.15, 0.2) is 18.2 Å². The highest BCUT2D eigenvalue weighted by atomic mass is 79.9. The number of nitrogens with zero attached hydrogens (tertiary/aromatic N) is 1. The first-order valence-corrected chi connectivity index (χ1v) is 8.12. The molecular weight excluding hydrogens is 326 g/mol. The number of methoxy groups -OCH3 is 1. The van der Waals surface area contributed by atoms with Gasteiger partial charge in [-0.3, -0.25) is 0 Å². The highest BCUT2D eigenvalue weighted by Gasteiger charge is 2.53. The molecule has 2 nitrogen and oxygen atoms in total. The fourth-order valence-corrected chi connectivity index (χ4v) is 5.30. The van der Waals surface area contributed by atoms with E-state index < -0.39 is 0 Å². The third-order valence-electron chi connectivity index (χ3n) is 6.32. The van der Waals surface area contributed by atoms with Crippen LogP contribution >= 0.6 is 0 Å². The minimum atomic E-state index is 0. The molecule has 2 bridgehead atoms. The number of fused-ring (bicyclic) bond motifs is 1. The Morgan fingerprint density at radius 1 is 1.24 bits per heavy atom. The number of likely N-dealkylation sites (N-methyl/N-ethyl adjacent to an activating group) is 1. The fraction of sp³-hybridized carbons (Fsp3) is 0.667. The Balaban J connectivity index is 0.00000132. The average Bonchev–Trinajstić information content (AvgIpc) is 2.50. The van der Waals surface area contributed by atoms with Crippen LogP contribution in [-0.4, -0.2) is 31.6 Å². The lowest BCUT2D eigenvalue weighted by Gasteiger charge is -2.58. The summed E-state index contributed by atoms with van der Waals surface area (Å²) in [6.45, 7) is 1.26. The van der Waals surface area contributed by atoms with E-state index in [0.717, 1.165) is 17.7 Å². The zero-order valence-electron chi connectivity index (χ0n) is 13.1. The molecule has 0 unspecified atom stereocenters. The maximum Gasteiger partial charge on any atom is 0.119 e. The summed E-state index contributed by atoms with van der Waals surface area (Å²) in [4.78, 5) is 2.63. The quantitative estimate of drug-likeness (QED) is 0.726. The van der Waals surface area contributed by atoms with Gasteiger partial charge in [0.15, 0.2) is 0 Å². The van der Waals surface area contributed by atoms with Gasteiger partial charge in [-0.15, -0.1) is 0 Å². The van der Waals surface area contributed by atoms with Crippen LogP contribution in [0.1, 0.15) is 43.2 Å². The van der Waals surface area contributed by atoms with Gasteiger partial charge in [0.25, 0.3) is 0 Å². The van der Waals surface area contributed by atoms with Crippen molar-refractivity contribution in [3.8, 4) is 5.75 Å². The van der Waals surface area contributed by atoms with Crippen molar-refractivity contribution in [1.29, 1.82) is 0 Å². The van der Waals surface area contributed by atoms with E-state index in [4.69, 9.17) is 4.74 Å². The van der Waals surface area contributed by atoms with E-state index in [2.05, 4.69) is 30.1 Å². The van der Waals surface area contributed by atoms with Gasteiger partial charge in [-0.1, -0.05) is 18.9 Å². The lowest BCUT2D eigenvalue weighted by atomic mass is 9.52. The molecule has 1 aromatic carbocycles. The van der Waals surface area contributed by atoms with E-state index in [0.29, 0.717) is 5.41 Å². The van der Waals surface area contributed by atoms with E-state index in [1.165, 1.54) is 45.1 Å². The summed E-state index contributed by atoms with van der Waals surface area (Å²) >= 11 is 0. The second-order valence-corrected chi connectivity index (χ2v) is 7.03. The van der Waals surface area contributed by atoms with Gasteiger partial charge in [0.2, 0.25) is 0 Å². The summed E-state index contributed by atoms with van der Waals surface area (Å²) in [5.74, 6) is 1.91. The average molecular weight is 351 g/mol. The van der Waals surface area contributed by atoms with Gasteiger partial charge >= 0.3 is 0 Å². The predicted octanol–water partition coefficient (Wildman–Crippen LogP) is 0.387. The number of piperidine rings is 1. The smallest absolute Gasteiger partial charge is 0.119 e. The molecule has 116 valence electrons. The molecule has 4 rings (SSSR count). The molecule has 0 amide bonds. The van der Waals surface area contributed by atoms with Crippen molar-refractivity contribution in [2.75, 3.05) is 20.7 Å². The van der Waals surface area contributed by atoms with Crippen molar-refractivity contribution in [1.82, 2.24) is 4.90 Å². The molecule has 2 fully saturated rings. The zero-order chi connectivity index (χ0) is 13.7. The molecule has 1 aromatic rings. The van der Waals surface area contributed by atoms with E-state index in [1.807, 2.05) is 0 Å². The Morgan fingerprint density at radius 3 is 2.90 bits per heavy atom. The van der Waals surface area contributed by atoms with E-state index in [-0.39, 0.29) is 17.0 Å². The number of ether oxygens (including phenoxy) is 1. The minimum Gasteiger partial charge on any atom is -1.00 e. The summed E-state index contributed by atoms with van der Waals surface area (Å²) in [5.41, 5.74) is 3.67. The molecule has 0 radical (unpaired) electrons. The van der Waals surface area contributed by atoms with Gasteiger partial charge in [0, 0.05) is 11.5 Å². The molecule has 1 heterocycles. The van der Waals surface area contributed by atoms with E-state index >= 15 is 0 Å². The molecule has 0 N–H and O–H groups in total. The van der Waals surface area contributed by atoms with Crippen LogP contribution < -0.4 is 21.7 Å². The minimum absolute atomic E-state index is 0. The van der Waals surface area contributed by atoms with Crippen molar-refractivity contribution >= 4 is 0 Å². The van der Waals surface area contributed by atoms with Crippen LogP contribution in [0.4, 0.5) is 0 Å². The Bertz CT molecular complexity index is 532. The fourth-order valence-electron chi connectivity index (χ4n) is 5.30. The van der Waals surface area contributed by atoms with Crippen LogP contribution in [0.25, 0.3) is 0 Å². The molecular formula is C18H25BrNO-. The maximum absolute atomic E-state index is 5.51. The number of rotatable bonds is 1. The normalized spacial score (nSPS) is 34.4. The summed E-state index contributed by atoms with van der Waals surface area (Å²) < 4.78 is 5.51. The summed E-state index contributed by atoms with van der Waals surface area (Å²) in [5, 5.41) is 0. The van der Waals surface area contributed by atoms with Gasteiger partial charge in [-0.05, 0) is 68.5 Å². The molecule has 3 aliphatic rings. The Hall–Kier alpha value is -0.540. The predicted molar refractivity (Wildman–Crippen MR) is 81.4 cm³/mol. The van der Waals surface area contributed by atoms with Crippen molar-refractivity contribution in [3.05, 3.63) is 29.3 Å². The SMILES string of the molecule is COc1ccc2c(c1)[C@]13CCCC[C@H]1[C@H](C2)N(C)CC3.[Br-]. The molecule has 0 aromatic heterocycles. The largest absolute Gasteiger partial charge is 1.00 e. The zero-order valence-corrected chi connectivity index (χ0v) is 14.7. The van der Waals surface area contributed by atoms with Gasteiger partial charge < -0.3 is 26.6 Å². The van der Waals surface area contributed by atoms with Gasteiger partial charge in [0.05, 0.1) is 7.11 Å². The summed E-state index contributed by atoms with van der Waals surface area (Å²) in [6, 6.07) is 7.60. The van der Waals surface area contributed by atoms with Crippen molar-refractivity contribution in [2.24, 2.45) is 5.92 Å². The molecule has 1 saturated heterocycles. The third-order valence-corrected chi connectivity index (χ3v) is 6.32. The molecule has 1 saturated carbocycles. The first-order chi connectivity index (χ1) is 9.74. The van der Waals surface area contributed by atoms with E-state index in [9.17, 15) is 0 Å². The van der Waals surface area contributed by atoms with Crippen molar-refractivity contribution < 1.29 is 21.7 Å². The number of benzene rings is 1. The van der Waals surface area contributed by atoms with Crippen molar-refractivity contribution in [3.63, 3.8) is 0 Å². The highest BCUT2D eigenvalue weighted by Crippen LogP contribution is 2.55. The molecule has 21 heavy (non-hydrogen) atoms. The standard InChI is InChI=1S/C18H25NO.BrH/c1-19-10-9-18-8-4-3-5-15(18)17(19)11-13-6-7-14(20-2)12-16(13)18;/h6-7,12,15,17H,3-5,8-11H2,1-2H3;1H/p-1/t15-,17-,18-;/m0./s1. The second-order valence-electron chi connectivity index (χ2n) is 7.03. The summed E-state index contributed by atoms with van der Waals surface area (Å²) in [7, 11) is 4.12. The molecule has 3 atom stereocenters. The molecule has 0 spiro atoms. The highest BCUT2D eigenvalue weighted by molar-refractivity contribution is 5.45. The maximum atomic E-state index is 5.51. The van der Waals surface area contributed by atoms with Gasteiger partial charge in [-0.25, -0.2) is 0 Å². The third kappa shape index (κ3) is 2.16.